The lowest BCUT2D eigenvalue weighted by Gasteiger charge is -2.01. The zero-order chi connectivity index (χ0) is 13.2. The van der Waals surface area contributed by atoms with Crippen LogP contribution in [0.5, 0.6) is 0 Å². The molecule has 0 fully saturated rings. The van der Waals surface area contributed by atoms with E-state index in [0.717, 1.165) is 21.5 Å². The minimum atomic E-state index is -0.872. The number of hydrogen-bond acceptors (Lipinski definition) is 3. The Bertz CT molecular complexity index is 748. The van der Waals surface area contributed by atoms with Crippen molar-refractivity contribution in [3.63, 3.8) is 0 Å². The van der Waals surface area contributed by atoms with Crippen molar-refractivity contribution < 1.29 is 9.90 Å². The number of thiophene rings is 1. The van der Waals surface area contributed by atoms with E-state index in [2.05, 4.69) is 4.98 Å². The van der Waals surface area contributed by atoms with Gasteiger partial charge in [0.2, 0.25) is 0 Å². The number of para-hydroxylation sites is 1. The van der Waals surface area contributed by atoms with Crippen LogP contribution < -0.4 is 0 Å². The average molecular weight is 269 g/mol. The van der Waals surface area contributed by atoms with E-state index in [1.54, 1.807) is 6.07 Å². The summed E-state index contributed by atoms with van der Waals surface area (Å²) in [6, 6.07) is 15.5. The third kappa shape index (κ3) is 2.48. The third-order valence-electron chi connectivity index (χ3n) is 2.88. The van der Waals surface area contributed by atoms with Crippen molar-refractivity contribution in [2.24, 2.45) is 0 Å². The second kappa shape index (κ2) is 4.82. The molecule has 0 radical (unpaired) electrons. The lowest BCUT2D eigenvalue weighted by molar-refractivity contribution is 0.0702. The summed E-state index contributed by atoms with van der Waals surface area (Å²) in [6.45, 7) is 0. The molecule has 0 aliphatic rings. The largest absolute Gasteiger partial charge is 0.477 e. The molecule has 3 nitrogen and oxygen atoms in total. The van der Waals surface area contributed by atoms with Gasteiger partial charge in [-0.1, -0.05) is 24.3 Å². The van der Waals surface area contributed by atoms with Crippen molar-refractivity contribution in [3.8, 4) is 0 Å². The van der Waals surface area contributed by atoms with Crippen molar-refractivity contribution in [3.05, 3.63) is 64.0 Å². The number of aromatic carboxylic acids is 1. The van der Waals surface area contributed by atoms with Gasteiger partial charge in [-0.2, -0.15) is 0 Å². The van der Waals surface area contributed by atoms with Crippen LogP contribution in [-0.2, 0) is 6.42 Å². The standard InChI is InChI=1S/C15H11NO2S/c17-15(18)14-8-7-12(19-14)9-11-6-5-10-3-1-2-4-13(10)16-11/h1-8H,9H2,(H,17,18). The number of fused-ring (bicyclic) bond motifs is 1. The van der Waals surface area contributed by atoms with Crippen LogP contribution >= 0.6 is 11.3 Å². The van der Waals surface area contributed by atoms with Crippen molar-refractivity contribution in [1.82, 2.24) is 4.98 Å². The van der Waals surface area contributed by atoms with Crippen LogP contribution in [0.1, 0.15) is 20.2 Å². The Hall–Kier alpha value is -2.20. The van der Waals surface area contributed by atoms with E-state index < -0.39 is 5.97 Å². The van der Waals surface area contributed by atoms with Crippen LogP contribution in [0.3, 0.4) is 0 Å². The van der Waals surface area contributed by atoms with Crippen LogP contribution in [0.4, 0.5) is 0 Å². The molecule has 0 unspecified atom stereocenters. The Morgan fingerprint density at radius 3 is 2.74 bits per heavy atom. The Morgan fingerprint density at radius 1 is 1.11 bits per heavy atom. The topological polar surface area (TPSA) is 50.2 Å². The first kappa shape index (κ1) is 11.9. The molecule has 0 saturated carbocycles. The highest BCUT2D eigenvalue weighted by molar-refractivity contribution is 7.13. The molecule has 1 aromatic carbocycles. The summed E-state index contributed by atoms with van der Waals surface area (Å²) in [5.74, 6) is -0.872. The molecule has 1 N–H and O–H groups in total. The Labute approximate surface area is 114 Å². The lowest BCUT2D eigenvalue weighted by atomic mass is 10.1. The van der Waals surface area contributed by atoms with Crippen molar-refractivity contribution >= 4 is 28.2 Å². The number of carboxylic acid groups (broad SMARTS) is 1. The molecule has 0 spiro atoms. The van der Waals surface area contributed by atoms with Gasteiger partial charge < -0.3 is 5.11 Å². The molecule has 0 bridgehead atoms. The quantitative estimate of drug-likeness (QED) is 0.790. The van der Waals surface area contributed by atoms with E-state index in [0.29, 0.717) is 11.3 Å². The maximum atomic E-state index is 10.8. The number of carboxylic acids is 1. The highest BCUT2D eigenvalue weighted by Crippen LogP contribution is 2.20. The number of pyridine rings is 1. The Kier molecular flexibility index (Phi) is 3.01. The summed E-state index contributed by atoms with van der Waals surface area (Å²) in [7, 11) is 0. The van der Waals surface area contributed by atoms with E-state index in [-0.39, 0.29) is 0 Å². The minimum absolute atomic E-state index is 0.371. The monoisotopic (exact) mass is 269 g/mol. The van der Waals surface area contributed by atoms with Crippen LogP contribution in [0, 0.1) is 0 Å². The summed E-state index contributed by atoms with van der Waals surface area (Å²) in [6.07, 6.45) is 0.669. The van der Waals surface area contributed by atoms with Gasteiger partial charge in [0, 0.05) is 22.4 Å². The minimum Gasteiger partial charge on any atom is -0.477 e. The van der Waals surface area contributed by atoms with Crippen LogP contribution in [0.25, 0.3) is 10.9 Å². The van der Waals surface area contributed by atoms with E-state index >= 15 is 0 Å². The maximum Gasteiger partial charge on any atom is 0.345 e. The highest BCUT2D eigenvalue weighted by Gasteiger charge is 2.08. The number of benzene rings is 1. The molecular formula is C15H11NO2S. The molecule has 2 aromatic heterocycles. The number of carbonyl (C=O) groups is 1. The number of nitrogens with zero attached hydrogens (tertiary/aromatic N) is 1. The van der Waals surface area contributed by atoms with Gasteiger partial charge in [-0.15, -0.1) is 11.3 Å². The van der Waals surface area contributed by atoms with Crippen molar-refractivity contribution in [2.75, 3.05) is 0 Å². The summed E-state index contributed by atoms with van der Waals surface area (Å²) < 4.78 is 0. The van der Waals surface area contributed by atoms with Crippen LogP contribution in [0.15, 0.2) is 48.5 Å². The highest BCUT2D eigenvalue weighted by atomic mass is 32.1. The molecule has 0 atom stereocenters. The average Bonchev–Trinajstić information content (AvgIpc) is 2.87. The zero-order valence-corrected chi connectivity index (χ0v) is 10.9. The van der Waals surface area contributed by atoms with E-state index in [4.69, 9.17) is 5.11 Å². The molecule has 0 amide bonds. The van der Waals surface area contributed by atoms with E-state index in [1.807, 2.05) is 42.5 Å². The van der Waals surface area contributed by atoms with Gasteiger partial charge >= 0.3 is 5.97 Å². The van der Waals surface area contributed by atoms with E-state index in [9.17, 15) is 4.79 Å². The normalized spacial score (nSPS) is 10.7. The molecule has 3 rings (SSSR count). The molecule has 4 heteroatoms. The lowest BCUT2D eigenvalue weighted by Crippen LogP contribution is -1.91. The van der Waals surface area contributed by atoms with Gasteiger partial charge in [0.25, 0.3) is 0 Å². The predicted molar refractivity (Wildman–Crippen MR) is 75.8 cm³/mol. The molecule has 3 aromatic rings. The zero-order valence-electron chi connectivity index (χ0n) is 10.0. The summed E-state index contributed by atoms with van der Waals surface area (Å²) in [5.41, 5.74) is 1.92. The molecule has 94 valence electrons. The fraction of sp³-hybridized carbons (Fsp3) is 0.0667. The van der Waals surface area contributed by atoms with Crippen molar-refractivity contribution in [2.45, 2.75) is 6.42 Å². The SMILES string of the molecule is O=C(O)c1ccc(Cc2ccc3ccccc3n2)s1. The van der Waals surface area contributed by atoms with Crippen molar-refractivity contribution in [1.29, 1.82) is 0 Å². The summed E-state index contributed by atoms with van der Waals surface area (Å²) >= 11 is 1.30. The van der Waals surface area contributed by atoms with Gasteiger partial charge in [0.05, 0.1) is 5.52 Å². The fourth-order valence-electron chi connectivity index (χ4n) is 1.97. The Balaban J connectivity index is 1.89. The number of aromatic nitrogens is 1. The molecule has 0 saturated heterocycles. The second-order valence-electron chi connectivity index (χ2n) is 4.24. The van der Waals surface area contributed by atoms with Gasteiger partial charge in [0.15, 0.2) is 0 Å². The second-order valence-corrected chi connectivity index (χ2v) is 5.41. The molecular weight excluding hydrogens is 258 g/mol. The molecule has 0 aliphatic carbocycles. The van der Waals surface area contributed by atoms with Gasteiger partial charge in [-0.25, -0.2) is 4.79 Å². The van der Waals surface area contributed by atoms with Crippen LogP contribution in [-0.4, -0.2) is 16.1 Å². The van der Waals surface area contributed by atoms with Crippen LogP contribution in [0.2, 0.25) is 0 Å². The maximum absolute atomic E-state index is 10.8. The first-order chi connectivity index (χ1) is 9.22. The Morgan fingerprint density at radius 2 is 1.95 bits per heavy atom. The predicted octanol–water partition coefficient (Wildman–Crippen LogP) is 3.59. The summed E-state index contributed by atoms with van der Waals surface area (Å²) in [5, 5.41) is 10.0. The molecule has 0 aliphatic heterocycles. The van der Waals surface area contributed by atoms with Gasteiger partial charge in [-0.05, 0) is 24.3 Å². The fourth-order valence-corrected chi connectivity index (χ4v) is 2.84. The smallest absolute Gasteiger partial charge is 0.345 e. The van der Waals surface area contributed by atoms with Gasteiger partial charge in [0.1, 0.15) is 4.88 Å². The third-order valence-corrected chi connectivity index (χ3v) is 3.96. The number of rotatable bonds is 3. The molecule has 19 heavy (non-hydrogen) atoms. The number of hydrogen-bond donors (Lipinski definition) is 1. The first-order valence-corrected chi connectivity index (χ1v) is 6.71. The molecule has 2 heterocycles. The van der Waals surface area contributed by atoms with E-state index in [1.165, 1.54) is 11.3 Å². The first-order valence-electron chi connectivity index (χ1n) is 5.89. The summed E-state index contributed by atoms with van der Waals surface area (Å²) in [4.78, 5) is 16.8. The van der Waals surface area contributed by atoms with Gasteiger partial charge in [-0.3, -0.25) is 4.98 Å².